The molecule has 130 valence electrons. The van der Waals surface area contributed by atoms with Gasteiger partial charge in [-0.15, -0.1) is 0 Å². The Morgan fingerprint density at radius 3 is 1.77 bits per heavy atom. The maximum Gasteiger partial charge on any atom is 0.136 e. The average molecular weight is 311 g/mol. The Bertz CT molecular complexity index is 283. The SMILES string of the molecule is CCCCCCCCC(=O)CC(CC)C(=O)CCCCCC. The molecule has 0 aromatic rings. The second-order valence-electron chi connectivity index (χ2n) is 6.64. The third-order valence-electron chi connectivity index (χ3n) is 4.51. The van der Waals surface area contributed by atoms with E-state index in [-0.39, 0.29) is 5.92 Å². The molecule has 0 radical (unpaired) electrons. The molecule has 0 aliphatic heterocycles. The molecule has 0 aliphatic rings. The van der Waals surface area contributed by atoms with Crippen LogP contribution in [-0.4, -0.2) is 11.6 Å². The zero-order valence-electron chi connectivity index (χ0n) is 15.3. The fourth-order valence-corrected chi connectivity index (χ4v) is 2.90. The van der Waals surface area contributed by atoms with Crippen molar-refractivity contribution in [3.8, 4) is 0 Å². The van der Waals surface area contributed by atoms with Gasteiger partial charge >= 0.3 is 0 Å². The standard InChI is InChI=1S/C20H38O2/c1-4-7-9-11-12-13-15-19(21)17-18(6-3)20(22)16-14-10-8-5-2/h18H,4-17H2,1-3H3. The van der Waals surface area contributed by atoms with Crippen LogP contribution in [0.4, 0.5) is 0 Å². The van der Waals surface area contributed by atoms with Gasteiger partial charge in [0.15, 0.2) is 0 Å². The Kier molecular flexibility index (Phi) is 14.8. The Morgan fingerprint density at radius 2 is 1.18 bits per heavy atom. The lowest BCUT2D eigenvalue weighted by atomic mass is 9.90. The lowest BCUT2D eigenvalue weighted by Gasteiger charge is -2.13. The number of carbonyl (C=O) groups excluding carboxylic acids is 2. The van der Waals surface area contributed by atoms with E-state index in [4.69, 9.17) is 0 Å². The highest BCUT2D eigenvalue weighted by Gasteiger charge is 2.19. The molecule has 0 saturated heterocycles. The van der Waals surface area contributed by atoms with Crippen LogP contribution >= 0.6 is 0 Å². The van der Waals surface area contributed by atoms with Gasteiger partial charge in [0, 0.05) is 25.2 Å². The molecule has 0 spiro atoms. The lowest BCUT2D eigenvalue weighted by molar-refractivity contribution is -0.128. The maximum absolute atomic E-state index is 12.2. The molecule has 1 atom stereocenters. The normalized spacial score (nSPS) is 12.3. The van der Waals surface area contributed by atoms with Crippen LogP contribution in [0.25, 0.3) is 0 Å². The van der Waals surface area contributed by atoms with Crippen LogP contribution in [0.15, 0.2) is 0 Å². The van der Waals surface area contributed by atoms with E-state index in [1.807, 2.05) is 6.92 Å². The van der Waals surface area contributed by atoms with Crippen LogP contribution in [0.3, 0.4) is 0 Å². The summed E-state index contributed by atoms with van der Waals surface area (Å²) in [6.07, 6.45) is 14.4. The first-order valence-corrected chi connectivity index (χ1v) is 9.70. The minimum Gasteiger partial charge on any atom is -0.300 e. The number of rotatable bonds is 16. The van der Waals surface area contributed by atoms with E-state index in [9.17, 15) is 9.59 Å². The van der Waals surface area contributed by atoms with Crippen LogP contribution in [0, 0.1) is 5.92 Å². The van der Waals surface area contributed by atoms with Crippen LogP contribution in [0.1, 0.15) is 111 Å². The smallest absolute Gasteiger partial charge is 0.136 e. The highest BCUT2D eigenvalue weighted by atomic mass is 16.1. The van der Waals surface area contributed by atoms with Gasteiger partial charge < -0.3 is 0 Å². The van der Waals surface area contributed by atoms with Crippen LogP contribution in [0.5, 0.6) is 0 Å². The van der Waals surface area contributed by atoms with Crippen molar-refractivity contribution in [3.05, 3.63) is 0 Å². The Hall–Kier alpha value is -0.660. The van der Waals surface area contributed by atoms with Gasteiger partial charge in [-0.1, -0.05) is 72.1 Å². The minimum absolute atomic E-state index is 0.0192. The number of carbonyl (C=O) groups is 2. The van der Waals surface area contributed by atoms with Crippen molar-refractivity contribution < 1.29 is 9.59 Å². The predicted molar refractivity (Wildman–Crippen MR) is 95.2 cm³/mol. The summed E-state index contributed by atoms with van der Waals surface area (Å²) in [7, 11) is 0. The number of hydrogen-bond donors (Lipinski definition) is 0. The molecule has 22 heavy (non-hydrogen) atoms. The average Bonchev–Trinajstić information content (AvgIpc) is 2.52. The van der Waals surface area contributed by atoms with Crippen molar-refractivity contribution in [2.24, 2.45) is 5.92 Å². The van der Waals surface area contributed by atoms with Gasteiger partial charge in [0.2, 0.25) is 0 Å². The van der Waals surface area contributed by atoms with Gasteiger partial charge in [-0.3, -0.25) is 9.59 Å². The molecule has 2 heteroatoms. The van der Waals surface area contributed by atoms with Crippen molar-refractivity contribution in [1.29, 1.82) is 0 Å². The van der Waals surface area contributed by atoms with Crippen LogP contribution in [0.2, 0.25) is 0 Å². The van der Waals surface area contributed by atoms with Gasteiger partial charge in [-0.2, -0.15) is 0 Å². The van der Waals surface area contributed by atoms with Crippen molar-refractivity contribution in [3.63, 3.8) is 0 Å². The second-order valence-corrected chi connectivity index (χ2v) is 6.64. The number of unbranched alkanes of at least 4 members (excludes halogenated alkanes) is 8. The summed E-state index contributed by atoms with van der Waals surface area (Å²) >= 11 is 0. The van der Waals surface area contributed by atoms with E-state index in [1.165, 1.54) is 38.5 Å². The van der Waals surface area contributed by atoms with Gasteiger partial charge in [0.25, 0.3) is 0 Å². The van der Waals surface area contributed by atoms with E-state index in [2.05, 4.69) is 13.8 Å². The molecule has 2 nitrogen and oxygen atoms in total. The molecule has 0 aliphatic carbocycles. The van der Waals surface area contributed by atoms with Crippen LogP contribution in [-0.2, 0) is 9.59 Å². The first-order valence-electron chi connectivity index (χ1n) is 9.70. The zero-order chi connectivity index (χ0) is 16.6. The molecule has 0 amide bonds. The van der Waals surface area contributed by atoms with Crippen molar-refractivity contribution in [2.75, 3.05) is 0 Å². The first-order chi connectivity index (χ1) is 10.7. The summed E-state index contributed by atoms with van der Waals surface area (Å²) in [4.78, 5) is 24.2. The van der Waals surface area contributed by atoms with E-state index in [0.29, 0.717) is 30.8 Å². The quantitative estimate of drug-likeness (QED) is 0.315. The molecule has 0 rings (SSSR count). The van der Waals surface area contributed by atoms with Gasteiger partial charge in [-0.25, -0.2) is 0 Å². The molecular formula is C20H38O2. The summed E-state index contributed by atoms with van der Waals surface area (Å²) in [6, 6.07) is 0. The highest BCUT2D eigenvalue weighted by Crippen LogP contribution is 2.17. The van der Waals surface area contributed by atoms with Crippen molar-refractivity contribution >= 4 is 11.6 Å². The summed E-state index contributed by atoms with van der Waals surface area (Å²) in [5, 5.41) is 0. The summed E-state index contributed by atoms with van der Waals surface area (Å²) in [5.41, 5.74) is 0. The van der Waals surface area contributed by atoms with E-state index in [1.54, 1.807) is 0 Å². The molecule has 0 heterocycles. The molecule has 0 bridgehead atoms. The van der Waals surface area contributed by atoms with Crippen LogP contribution < -0.4 is 0 Å². The monoisotopic (exact) mass is 310 g/mol. The van der Waals surface area contributed by atoms with Crippen molar-refractivity contribution in [2.45, 2.75) is 111 Å². The Balaban J connectivity index is 3.80. The molecule has 0 saturated carbocycles. The first kappa shape index (κ1) is 21.3. The molecule has 0 N–H and O–H groups in total. The summed E-state index contributed by atoms with van der Waals surface area (Å²) in [5.74, 6) is 0.591. The Labute approximate surface area is 138 Å². The topological polar surface area (TPSA) is 34.1 Å². The fraction of sp³-hybridized carbons (Fsp3) is 0.900. The fourth-order valence-electron chi connectivity index (χ4n) is 2.90. The highest BCUT2D eigenvalue weighted by molar-refractivity contribution is 5.87. The summed E-state index contributed by atoms with van der Waals surface area (Å²) < 4.78 is 0. The van der Waals surface area contributed by atoms with Gasteiger partial charge in [0.1, 0.15) is 11.6 Å². The van der Waals surface area contributed by atoms with Crippen molar-refractivity contribution in [1.82, 2.24) is 0 Å². The summed E-state index contributed by atoms with van der Waals surface area (Å²) in [6.45, 7) is 6.43. The molecule has 0 fully saturated rings. The number of hydrogen-bond acceptors (Lipinski definition) is 2. The lowest BCUT2D eigenvalue weighted by Crippen LogP contribution is -2.17. The number of ketones is 2. The largest absolute Gasteiger partial charge is 0.300 e. The van der Waals surface area contributed by atoms with E-state index >= 15 is 0 Å². The Morgan fingerprint density at radius 1 is 0.682 bits per heavy atom. The molecule has 0 aromatic heterocycles. The molecule has 1 unspecified atom stereocenters. The second kappa shape index (κ2) is 15.2. The zero-order valence-corrected chi connectivity index (χ0v) is 15.3. The van der Waals surface area contributed by atoms with E-state index < -0.39 is 0 Å². The maximum atomic E-state index is 12.2. The molecule has 0 aromatic carbocycles. The molecular weight excluding hydrogens is 272 g/mol. The van der Waals surface area contributed by atoms with E-state index in [0.717, 1.165) is 32.1 Å². The van der Waals surface area contributed by atoms with Gasteiger partial charge in [0.05, 0.1) is 0 Å². The van der Waals surface area contributed by atoms with Gasteiger partial charge in [-0.05, 0) is 19.3 Å². The minimum atomic E-state index is -0.0192. The predicted octanol–water partition coefficient (Wildman–Crippen LogP) is 6.26. The third-order valence-corrected chi connectivity index (χ3v) is 4.51. The number of Topliss-reactive ketones (excluding diaryl/α,β-unsaturated/α-hetero) is 2. The third kappa shape index (κ3) is 11.9.